The second kappa shape index (κ2) is 11.5. The molecule has 3 aromatic rings. The summed E-state index contributed by atoms with van der Waals surface area (Å²) in [7, 11) is -2.83. The van der Waals surface area contributed by atoms with E-state index in [4.69, 9.17) is 21.1 Å². The summed E-state index contributed by atoms with van der Waals surface area (Å²) in [6.45, 7) is 1.80. The Morgan fingerprint density at radius 3 is 2.38 bits per heavy atom. The number of thiophene rings is 1. The number of aryl methyl sites for hydroxylation is 1. The fraction of sp³-hybridized carbons (Fsp3) is 0.308. The molecule has 1 amide bonds. The van der Waals surface area contributed by atoms with Gasteiger partial charge in [0.15, 0.2) is 0 Å². The Balaban J connectivity index is 1.67. The number of methoxy groups -OCH3 is 1. The number of benzene rings is 2. The normalized spacial score (nSPS) is 12.9. The van der Waals surface area contributed by atoms with Crippen LogP contribution >= 0.6 is 22.9 Å². The molecule has 0 spiro atoms. The minimum Gasteiger partial charge on any atom is -0.494 e. The quantitative estimate of drug-likeness (QED) is 0.355. The number of nitrogens with zero attached hydrogens (tertiary/aromatic N) is 1. The molecule has 0 saturated carbocycles. The van der Waals surface area contributed by atoms with Crippen LogP contribution in [0.2, 0.25) is 5.02 Å². The summed E-state index contributed by atoms with van der Waals surface area (Å²) in [6, 6.07) is 12.2. The highest BCUT2D eigenvalue weighted by atomic mass is 35.5. The average molecular weight is 563 g/mol. The van der Waals surface area contributed by atoms with E-state index in [0.29, 0.717) is 27.9 Å². The maximum atomic E-state index is 13.6. The van der Waals surface area contributed by atoms with E-state index in [0.717, 1.165) is 40.4 Å². The van der Waals surface area contributed by atoms with Gasteiger partial charge in [0.1, 0.15) is 17.3 Å². The maximum absolute atomic E-state index is 13.6. The maximum Gasteiger partial charge on any atom is 0.341 e. The van der Waals surface area contributed by atoms with Crippen molar-refractivity contribution in [3.05, 3.63) is 69.6 Å². The van der Waals surface area contributed by atoms with Crippen molar-refractivity contribution >= 4 is 55.5 Å². The number of ether oxygens (including phenoxy) is 2. The molecule has 0 atom stereocenters. The van der Waals surface area contributed by atoms with Crippen molar-refractivity contribution in [3.8, 4) is 5.75 Å². The highest BCUT2D eigenvalue weighted by Crippen LogP contribution is 2.38. The van der Waals surface area contributed by atoms with Gasteiger partial charge in [-0.15, -0.1) is 11.3 Å². The number of rotatable bonds is 9. The van der Waals surface area contributed by atoms with Gasteiger partial charge in [-0.2, -0.15) is 0 Å². The van der Waals surface area contributed by atoms with Gasteiger partial charge < -0.3 is 14.8 Å². The number of anilines is 2. The molecule has 0 saturated heterocycles. The van der Waals surface area contributed by atoms with Gasteiger partial charge in [-0.1, -0.05) is 11.6 Å². The molecule has 4 rings (SSSR count). The zero-order valence-electron chi connectivity index (χ0n) is 20.5. The van der Waals surface area contributed by atoms with E-state index < -0.39 is 28.4 Å². The zero-order chi connectivity index (χ0) is 26.6. The second-order valence-corrected chi connectivity index (χ2v) is 11.8. The number of fused-ring (bicyclic) bond motifs is 1. The number of sulfonamides is 1. The molecule has 1 N–H and O–H groups in total. The van der Waals surface area contributed by atoms with Crippen LogP contribution in [0.25, 0.3) is 0 Å². The summed E-state index contributed by atoms with van der Waals surface area (Å²) in [5, 5.41) is 3.54. The van der Waals surface area contributed by atoms with Gasteiger partial charge in [0.2, 0.25) is 5.91 Å². The number of nitrogens with one attached hydrogen (secondary N) is 1. The van der Waals surface area contributed by atoms with Crippen LogP contribution < -0.4 is 14.4 Å². The molecular formula is C26H27ClN2O6S2. The molecule has 0 radical (unpaired) electrons. The third kappa shape index (κ3) is 5.92. The van der Waals surface area contributed by atoms with Crippen molar-refractivity contribution in [1.82, 2.24) is 0 Å². The minimum absolute atomic E-state index is 0.0135. The van der Waals surface area contributed by atoms with Gasteiger partial charge >= 0.3 is 5.97 Å². The van der Waals surface area contributed by atoms with Crippen LogP contribution in [-0.2, 0) is 32.4 Å². The smallest absolute Gasteiger partial charge is 0.341 e. The summed E-state index contributed by atoms with van der Waals surface area (Å²) in [5.41, 5.74) is 1.53. The number of hydrogen-bond donors (Lipinski definition) is 1. The number of carbonyl (C=O) groups is 2. The largest absolute Gasteiger partial charge is 0.494 e. The van der Waals surface area contributed by atoms with Crippen LogP contribution in [-0.4, -0.2) is 40.6 Å². The highest BCUT2D eigenvalue weighted by molar-refractivity contribution is 7.92. The van der Waals surface area contributed by atoms with Crippen LogP contribution in [0.3, 0.4) is 0 Å². The molecule has 0 fully saturated rings. The van der Waals surface area contributed by atoms with E-state index in [9.17, 15) is 18.0 Å². The van der Waals surface area contributed by atoms with E-state index in [1.807, 2.05) is 6.92 Å². The van der Waals surface area contributed by atoms with Gasteiger partial charge in [-0.05, 0) is 86.7 Å². The molecule has 11 heteroatoms. The van der Waals surface area contributed by atoms with Crippen molar-refractivity contribution in [1.29, 1.82) is 0 Å². The highest BCUT2D eigenvalue weighted by Gasteiger charge is 2.30. The predicted molar refractivity (Wildman–Crippen MR) is 145 cm³/mol. The third-order valence-corrected chi connectivity index (χ3v) is 9.19. The van der Waals surface area contributed by atoms with E-state index in [-0.39, 0.29) is 10.6 Å². The van der Waals surface area contributed by atoms with Crippen LogP contribution in [0.4, 0.5) is 10.7 Å². The van der Waals surface area contributed by atoms with Crippen LogP contribution in [0.1, 0.15) is 40.6 Å². The van der Waals surface area contributed by atoms with Crippen molar-refractivity contribution < 1.29 is 27.5 Å². The molecule has 2 aromatic carbocycles. The molecule has 0 unspecified atom stereocenters. The Morgan fingerprint density at radius 2 is 1.73 bits per heavy atom. The Labute approximate surface area is 225 Å². The molecule has 1 aliphatic rings. The first-order valence-electron chi connectivity index (χ1n) is 11.8. The third-order valence-electron chi connectivity index (χ3n) is 5.94. The standard InChI is InChI=1S/C26H27ClN2O6S2/c1-3-35-19-12-10-18(11-13-19)29(37(32,33)20-14-8-17(27)9-15-20)16-23(30)28-25-24(26(31)34-2)21-6-4-5-7-22(21)36-25/h8-15H,3-7,16H2,1-2H3,(H,28,30). The fourth-order valence-electron chi connectivity index (χ4n) is 4.19. The molecule has 1 heterocycles. The van der Waals surface area contributed by atoms with E-state index in [1.54, 1.807) is 24.3 Å². The summed E-state index contributed by atoms with van der Waals surface area (Å²) in [4.78, 5) is 26.8. The number of hydrogen-bond acceptors (Lipinski definition) is 7. The summed E-state index contributed by atoms with van der Waals surface area (Å²) < 4.78 is 38.7. The van der Waals surface area contributed by atoms with Crippen LogP contribution in [0.15, 0.2) is 53.4 Å². The van der Waals surface area contributed by atoms with Gasteiger partial charge in [-0.25, -0.2) is 13.2 Å². The Kier molecular flexibility index (Phi) is 8.41. The van der Waals surface area contributed by atoms with E-state index in [2.05, 4.69) is 5.32 Å². The lowest BCUT2D eigenvalue weighted by Gasteiger charge is -2.24. The Morgan fingerprint density at radius 1 is 1.05 bits per heavy atom. The monoisotopic (exact) mass is 562 g/mol. The summed E-state index contributed by atoms with van der Waals surface area (Å²) in [6.07, 6.45) is 3.51. The Hall–Kier alpha value is -3.08. The minimum atomic E-state index is -4.13. The first-order chi connectivity index (χ1) is 17.7. The Bertz CT molecular complexity index is 1390. The zero-order valence-corrected chi connectivity index (χ0v) is 22.8. The average Bonchev–Trinajstić information content (AvgIpc) is 3.25. The van der Waals surface area contributed by atoms with Crippen molar-refractivity contribution in [2.45, 2.75) is 37.5 Å². The summed E-state index contributed by atoms with van der Waals surface area (Å²) in [5.74, 6) is -0.534. The second-order valence-electron chi connectivity index (χ2n) is 8.35. The van der Waals surface area contributed by atoms with Gasteiger partial charge in [-0.3, -0.25) is 9.10 Å². The van der Waals surface area contributed by atoms with Crippen molar-refractivity contribution in [2.75, 3.05) is 29.9 Å². The lowest BCUT2D eigenvalue weighted by atomic mass is 9.95. The number of halogens is 1. The van der Waals surface area contributed by atoms with Gasteiger partial charge in [0.05, 0.1) is 29.9 Å². The van der Waals surface area contributed by atoms with Crippen LogP contribution in [0, 0.1) is 0 Å². The number of amides is 1. The molecular weight excluding hydrogens is 536 g/mol. The molecule has 196 valence electrons. The van der Waals surface area contributed by atoms with Gasteiger partial charge in [0.25, 0.3) is 10.0 Å². The van der Waals surface area contributed by atoms with E-state index in [1.165, 1.54) is 42.7 Å². The van der Waals surface area contributed by atoms with Crippen molar-refractivity contribution in [2.24, 2.45) is 0 Å². The van der Waals surface area contributed by atoms with Crippen molar-refractivity contribution in [3.63, 3.8) is 0 Å². The first-order valence-corrected chi connectivity index (χ1v) is 14.4. The first kappa shape index (κ1) is 27.0. The number of esters is 1. The predicted octanol–water partition coefficient (Wildman–Crippen LogP) is 5.30. The van der Waals surface area contributed by atoms with Crippen LogP contribution in [0.5, 0.6) is 5.75 Å². The van der Waals surface area contributed by atoms with Gasteiger partial charge in [0, 0.05) is 9.90 Å². The SMILES string of the molecule is CCOc1ccc(N(CC(=O)Nc2sc3c(c2C(=O)OC)CCCC3)S(=O)(=O)c2ccc(Cl)cc2)cc1. The molecule has 1 aliphatic carbocycles. The molecule has 37 heavy (non-hydrogen) atoms. The molecule has 1 aromatic heterocycles. The number of carbonyl (C=O) groups excluding carboxylic acids is 2. The molecule has 0 bridgehead atoms. The van der Waals surface area contributed by atoms with E-state index >= 15 is 0 Å². The summed E-state index contributed by atoms with van der Waals surface area (Å²) >= 11 is 7.29. The fourth-order valence-corrected chi connectivity index (χ4v) is 7.03. The lowest BCUT2D eigenvalue weighted by Crippen LogP contribution is -2.38. The molecule has 0 aliphatic heterocycles. The molecule has 8 nitrogen and oxygen atoms in total. The topological polar surface area (TPSA) is 102 Å². The lowest BCUT2D eigenvalue weighted by molar-refractivity contribution is -0.114.